The summed E-state index contributed by atoms with van der Waals surface area (Å²) in [5.41, 5.74) is 3.25. The molecule has 2 aromatic heterocycles. The lowest BCUT2D eigenvalue weighted by molar-refractivity contribution is -0.138. The van der Waals surface area contributed by atoms with Gasteiger partial charge in [0.1, 0.15) is 11.6 Å². The molecule has 1 fully saturated rings. The maximum Gasteiger partial charge on any atom is 0.303 e. The zero-order valence-electron chi connectivity index (χ0n) is 14.5. The Balaban J connectivity index is 1.67. The number of aryl methyl sites for hydroxylation is 3. The number of carbonyl (C=O) groups is 1. The molecular weight excluding hydrogens is 320 g/mol. The molecule has 0 unspecified atom stereocenters. The maximum atomic E-state index is 11.3. The highest BCUT2D eigenvalue weighted by atomic mass is 16.4. The second kappa shape index (κ2) is 6.09. The number of hydrogen-bond acceptors (Lipinski definition) is 6. The third-order valence-corrected chi connectivity index (χ3v) is 5.20. The molecule has 1 aliphatic heterocycles. The lowest BCUT2D eigenvalue weighted by atomic mass is 9.91. The van der Waals surface area contributed by atoms with E-state index >= 15 is 0 Å². The van der Waals surface area contributed by atoms with Crippen molar-refractivity contribution in [3.63, 3.8) is 0 Å². The molecule has 2 atom stereocenters. The van der Waals surface area contributed by atoms with Crippen molar-refractivity contribution in [1.29, 1.82) is 0 Å². The van der Waals surface area contributed by atoms with Crippen LogP contribution in [0, 0.1) is 12.8 Å². The number of aliphatic carboxylic acids is 1. The molecule has 0 spiro atoms. The Morgan fingerprint density at radius 1 is 1.32 bits per heavy atom. The van der Waals surface area contributed by atoms with Crippen LogP contribution in [0.1, 0.15) is 41.5 Å². The minimum absolute atomic E-state index is 0.00141. The van der Waals surface area contributed by atoms with E-state index in [4.69, 9.17) is 4.98 Å². The van der Waals surface area contributed by atoms with E-state index in [0.717, 1.165) is 48.8 Å². The predicted molar refractivity (Wildman–Crippen MR) is 90.5 cm³/mol. The first-order chi connectivity index (χ1) is 12.0. The average Bonchev–Trinajstić information content (AvgIpc) is 3.25. The summed E-state index contributed by atoms with van der Waals surface area (Å²) in [6.45, 7) is 3.32. The van der Waals surface area contributed by atoms with Crippen molar-refractivity contribution in [3.05, 3.63) is 29.0 Å². The highest BCUT2D eigenvalue weighted by Crippen LogP contribution is 2.38. The van der Waals surface area contributed by atoms with E-state index in [-0.39, 0.29) is 18.3 Å². The van der Waals surface area contributed by atoms with E-state index in [1.807, 2.05) is 20.2 Å². The minimum Gasteiger partial charge on any atom is -0.481 e. The van der Waals surface area contributed by atoms with Crippen LogP contribution in [0.25, 0.3) is 0 Å². The van der Waals surface area contributed by atoms with Gasteiger partial charge >= 0.3 is 5.97 Å². The number of rotatable bonds is 4. The predicted octanol–water partition coefficient (Wildman–Crippen LogP) is 1.10. The molecule has 0 bridgehead atoms. The van der Waals surface area contributed by atoms with Gasteiger partial charge in [0, 0.05) is 43.5 Å². The third kappa shape index (κ3) is 2.96. The fraction of sp³-hybridized carbons (Fsp3) is 0.588. The summed E-state index contributed by atoms with van der Waals surface area (Å²) in [5.74, 6) is 1.05. The van der Waals surface area contributed by atoms with Crippen LogP contribution in [0.2, 0.25) is 0 Å². The number of aromatic nitrogens is 5. The highest BCUT2D eigenvalue weighted by Gasteiger charge is 2.38. The molecule has 2 aromatic rings. The lowest BCUT2D eigenvalue weighted by Gasteiger charge is -2.20. The van der Waals surface area contributed by atoms with Crippen molar-refractivity contribution in [2.24, 2.45) is 13.0 Å². The summed E-state index contributed by atoms with van der Waals surface area (Å²) in [4.78, 5) is 22.8. The third-order valence-electron chi connectivity index (χ3n) is 5.20. The van der Waals surface area contributed by atoms with Gasteiger partial charge in [-0.2, -0.15) is 0 Å². The smallest absolute Gasteiger partial charge is 0.303 e. The van der Waals surface area contributed by atoms with Crippen LogP contribution in [0.4, 0.5) is 5.82 Å². The van der Waals surface area contributed by atoms with Crippen molar-refractivity contribution in [1.82, 2.24) is 25.0 Å². The molecule has 8 nitrogen and oxygen atoms in total. The molecule has 1 aliphatic carbocycles. The van der Waals surface area contributed by atoms with Crippen LogP contribution in [-0.4, -0.2) is 49.1 Å². The Hall–Kier alpha value is -2.51. The average molecular weight is 342 g/mol. The van der Waals surface area contributed by atoms with Crippen molar-refractivity contribution in [2.45, 2.75) is 38.5 Å². The zero-order valence-corrected chi connectivity index (χ0v) is 14.5. The van der Waals surface area contributed by atoms with Crippen molar-refractivity contribution in [2.75, 3.05) is 18.0 Å². The molecular formula is C17H22N6O2. The molecule has 0 aromatic carbocycles. The summed E-state index contributed by atoms with van der Waals surface area (Å²) < 4.78 is 1.67. The van der Waals surface area contributed by atoms with Gasteiger partial charge in [0.05, 0.1) is 12.1 Å². The van der Waals surface area contributed by atoms with E-state index in [0.29, 0.717) is 6.54 Å². The van der Waals surface area contributed by atoms with Gasteiger partial charge in [-0.05, 0) is 32.1 Å². The molecule has 25 heavy (non-hydrogen) atoms. The minimum atomic E-state index is -0.773. The quantitative estimate of drug-likeness (QED) is 0.888. The molecule has 3 heterocycles. The second-order valence-corrected chi connectivity index (χ2v) is 7.06. The summed E-state index contributed by atoms with van der Waals surface area (Å²) in [7, 11) is 1.83. The van der Waals surface area contributed by atoms with Crippen LogP contribution in [0.15, 0.2) is 6.20 Å². The lowest BCUT2D eigenvalue weighted by Crippen LogP contribution is -2.24. The fourth-order valence-electron chi connectivity index (χ4n) is 4.14. The summed E-state index contributed by atoms with van der Waals surface area (Å²) in [5, 5.41) is 17.6. The van der Waals surface area contributed by atoms with E-state index in [9.17, 15) is 9.90 Å². The van der Waals surface area contributed by atoms with Gasteiger partial charge in [-0.3, -0.25) is 9.48 Å². The first-order valence-corrected chi connectivity index (χ1v) is 8.70. The van der Waals surface area contributed by atoms with Gasteiger partial charge in [-0.1, -0.05) is 5.21 Å². The van der Waals surface area contributed by atoms with Crippen LogP contribution in [-0.2, 0) is 24.7 Å². The summed E-state index contributed by atoms with van der Waals surface area (Å²) in [6.07, 6.45) is 5.13. The van der Waals surface area contributed by atoms with E-state index in [1.54, 1.807) is 4.68 Å². The summed E-state index contributed by atoms with van der Waals surface area (Å²) >= 11 is 0. The molecule has 0 amide bonds. The first kappa shape index (κ1) is 16.0. The Labute approximate surface area is 145 Å². The number of hydrogen-bond donors (Lipinski definition) is 1. The van der Waals surface area contributed by atoms with Crippen LogP contribution >= 0.6 is 0 Å². The molecule has 8 heteroatoms. The van der Waals surface area contributed by atoms with E-state index in [1.165, 1.54) is 5.56 Å². The standard InChI is InChI=1S/C17H22N6O2/c1-10-18-14-5-3-4-12(14)17(19-10)23-7-11(6-16(24)25)13(8-23)15-9-22(2)21-20-15/h9,11,13H,3-8H2,1-2H3,(H,24,25)/t11-,13+/m0/s1. The fourth-order valence-corrected chi connectivity index (χ4v) is 4.14. The van der Waals surface area contributed by atoms with Gasteiger partial charge in [0.25, 0.3) is 0 Å². The van der Waals surface area contributed by atoms with Crippen LogP contribution < -0.4 is 4.90 Å². The van der Waals surface area contributed by atoms with Gasteiger partial charge in [0.15, 0.2) is 0 Å². The molecule has 1 N–H and O–H groups in total. The zero-order chi connectivity index (χ0) is 17.6. The second-order valence-electron chi connectivity index (χ2n) is 7.06. The molecule has 132 valence electrons. The van der Waals surface area contributed by atoms with Crippen molar-refractivity contribution in [3.8, 4) is 0 Å². The normalized spacial score (nSPS) is 22.4. The SMILES string of the molecule is Cc1nc2c(c(N3C[C@H](CC(=O)O)[C@H](c4cn(C)nn4)C3)n1)CCC2. The Bertz CT molecular complexity index is 817. The van der Waals surface area contributed by atoms with E-state index in [2.05, 4.69) is 20.2 Å². The Morgan fingerprint density at radius 3 is 2.88 bits per heavy atom. The van der Waals surface area contributed by atoms with Gasteiger partial charge in [-0.15, -0.1) is 5.10 Å². The molecule has 1 saturated heterocycles. The monoisotopic (exact) mass is 342 g/mol. The van der Waals surface area contributed by atoms with Crippen molar-refractivity contribution >= 4 is 11.8 Å². The number of carboxylic acids is 1. The summed E-state index contributed by atoms with van der Waals surface area (Å²) in [6, 6.07) is 0. The largest absolute Gasteiger partial charge is 0.481 e. The van der Waals surface area contributed by atoms with Gasteiger partial charge in [-0.25, -0.2) is 9.97 Å². The first-order valence-electron chi connectivity index (χ1n) is 8.70. The van der Waals surface area contributed by atoms with Gasteiger partial charge in [0.2, 0.25) is 0 Å². The molecule has 0 radical (unpaired) electrons. The van der Waals surface area contributed by atoms with Crippen LogP contribution in [0.5, 0.6) is 0 Å². The van der Waals surface area contributed by atoms with E-state index < -0.39 is 5.97 Å². The number of anilines is 1. The molecule has 4 rings (SSSR count). The Kier molecular flexibility index (Phi) is 3.89. The molecule has 0 saturated carbocycles. The van der Waals surface area contributed by atoms with Crippen molar-refractivity contribution < 1.29 is 9.90 Å². The number of carboxylic acid groups (broad SMARTS) is 1. The van der Waals surface area contributed by atoms with Crippen LogP contribution in [0.3, 0.4) is 0 Å². The maximum absolute atomic E-state index is 11.3. The topological polar surface area (TPSA) is 97.0 Å². The Morgan fingerprint density at radius 2 is 2.16 bits per heavy atom. The number of nitrogens with zero attached hydrogens (tertiary/aromatic N) is 6. The van der Waals surface area contributed by atoms with Gasteiger partial charge < -0.3 is 10.0 Å². The highest BCUT2D eigenvalue weighted by molar-refractivity contribution is 5.67. The molecule has 2 aliphatic rings. The number of fused-ring (bicyclic) bond motifs is 1.